The first-order valence-corrected chi connectivity index (χ1v) is 10.2. The van der Waals surface area contributed by atoms with Crippen LogP contribution in [-0.4, -0.2) is 20.4 Å². The van der Waals surface area contributed by atoms with Crippen LogP contribution >= 0.6 is 0 Å². The number of hydrogen-bond acceptors (Lipinski definition) is 4. The van der Waals surface area contributed by atoms with E-state index in [1.807, 2.05) is 6.07 Å². The molecule has 0 spiro atoms. The highest BCUT2D eigenvalue weighted by atomic mass is 32.2. The molecule has 2 N–H and O–H groups in total. The van der Waals surface area contributed by atoms with Crippen LogP contribution in [0, 0.1) is 0 Å². The SMILES string of the molecule is C[C@@H]1Oc2ccc(NS(=O)(=O)c3ccc4c(c3)CCCC4)cc2NC1=O. The average Bonchev–Trinajstić information content (AvgIpc) is 2.62. The zero-order valence-electron chi connectivity index (χ0n) is 14.4. The summed E-state index contributed by atoms with van der Waals surface area (Å²) in [6, 6.07) is 10.2. The van der Waals surface area contributed by atoms with Crippen molar-refractivity contribution < 1.29 is 17.9 Å². The Morgan fingerprint density at radius 2 is 1.85 bits per heavy atom. The molecule has 4 rings (SSSR count). The van der Waals surface area contributed by atoms with Crippen LogP contribution in [0.1, 0.15) is 30.9 Å². The van der Waals surface area contributed by atoms with E-state index in [1.165, 1.54) is 5.56 Å². The van der Waals surface area contributed by atoms with Crippen LogP contribution in [-0.2, 0) is 27.7 Å². The van der Waals surface area contributed by atoms with Crippen LogP contribution in [0.2, 0.25) is 0 Å². The quantitative estimate of drug-likeness (QED) is 0.867. The third kappa shape index (κ3) is 3.14. The number of ether oxygens (including phenoxy) is 1. The summed E-state index contributed by atoms with van der Waals surface area (Å²) in [5, 5.41) is 2.72. The molecule has 1 aliphatic heterocycles. The summed E-state index contributed by atoms with van der Waals surface area (Å²) in [4.78, 5) is 12.0. The molecule has 6 nitrogen and oxygen atoms in total. The van der Waals surface area contributed by atoms with Gasteiger partial charge in [0.25, 0.3) is 15.9 Å². The molecule has 2 aromatic carbocycles. The van der Waals surface area contributed by atoms with Crippen LogP contribution in [0.15, 0.2) is 41.3 Å². The molecular weight excluding hydrogens is 352 g/mol. The molecule has 0 radical (unpaired) electrons. The molecule has 0 bridgehead atoms. The smallest absolute Gasteiger partial charge is 0.265 e. The Labute approximate surface area is 152 Å². The van der Waals surface area contributed by atoms with Crippen LogP contribution in [0.5, 0.6) is 5.75 Å². The molecule has 136 valence electrons. The molecule has 26 heavy (non-hydrogen) atoms. The van der Waals surface area contributed by atoms with Gasteiger partial charge in [0.15, 0.2) is 6.10 Å². The lowest BCUT2D eigenvalue weighted by Gasteiger charge is -2.23. The first kappa shape index (κ1) is 16.9. The lowest BCUT2D eigenvalue weighted by Crippen LogP contribution is -2.34. The molecule has 0 saturated heterocycles. The monoisotopic (exact) mass is 372 g/mol. The number of anilines is 2. The van der Waals surface area contributed by atoms with Gasteiger partial charge in [-0.15, -0.1) is 0 Å². The average molecular weight is 372 g/mol. The summed E-state index contributed by atoms with van der Waals surface area (Å²) >= 11 is 0. The predicted molar refractivity (Wildman–Crippen MR) is 99.1 cm³/mol. The molecule has 0 fully saturated rings. The minimum atomic E-state index is -3.70. The minimum absolute atomic E-state index is 0.254. The fourth-order valence-corrected chi connectivity index (χ4v) is 4.46. The number of rotatable bonds is 3. The van der Waals surface area contributed by atoms with E-state index in [2.05, 4.69) is 10.0 Å². The number of nitrogens with one attached hydrogen (secondary N) is 2. The van der Waals surface area contributed by atoms with E-state index in [-0.39, 0.29) is 10.8 Å². The number of carbonyl (C=O) groups excluding carboxylic acids is 1. The number of carbonyl (C=O) groups is 1. The van der Waals surface area contributed by atoms with E-state index in [4.69, 9.17) is 4.74 Å². The molecule has 0 aromatic heterocycles. The zero-order chi connectivity index (χ0) is 18.3. The highest BCUT2D eigenvalue weighted by Crippen LogP contribution is 2.33. The van der Waals surface area contributed by atoms with Crippen molar-refractivity contribution >= 4 is 27.3 Å². The summed E-state index contributed by atoms with van der Waals surface area (Å²) in [7, 11) is -3.70. The number of benzene rings is 2. The zero-order valence-corrected chi connectivity index (χ0v) is 15.2. The number of sulfonamides is 1. The summed E-state index contributed by atoms with van der Waals surface area (Å²) in [5.41, 5.74) is 3.18. The van der Waals surface area contributed by atoms with E-state index in [0.29, 0.717) is 17.1 Å². The van der Waals surface area contributed by atoms with Gasteiger partial charge in [0.05, 0.1) is 16.3 Å². The van der Waals surface area contributed by atoms with E-state index in [1.54, 1.807) is 37.3 Å². The van der Waals surface area contributed by atoms with Crippen molar-refractivity contribution in [1.29, 1.82) is 0 Å². The fourth-order valence-electron chi connectivity index (χ4n) is 3.36. The Balaban J connectivity index is 1.60. The van der Waals surface area contributed by atoms with Gasteiger partial charge in [-0.1, -0.05) is 6.07 Å². The second-order valence-electron chi connectivity index (χ2n) is 6.70. The van der Waals surface area contributed by atoms with Crippen LogP contribution in [0.4, 0.5) is 11.4 Å². The Morgan fingerprint density at radius 3 is 2.65 bits per heavy atom. The van der Waals surface area contributed by atoms with Crippen LogP contribution < -0.4 is 14.8 Å². The summed E-state index contributed by atoms with van der Waals surface area (Å²) in [5.74, 6) is 0.265. The third-order valence-electron chi connectivity index (χ3n) is 4.79. The molecule has 1 heterocycles. The van der Waals surface area contributed by atoms with E-state index < -0.39 is 16.1 Å². The first-order chi connectivity index (χ1) is 12.4. The second kappa shape index (κ2) is 6.32. The number of amides is 1. The van der Waals surface area contributed by atoms with E-state index in [0.717, 1.165) is 31.2 Å². The second-order valence-corrected chi connectivity index (χ2v) is 8.39. The maximum Gasteiger partial charge on any atom is 0.265 e. The highest BCUT2D eigenvalue weighted by molar-refractivity contribution is 7.92. The molecule has 1 amide bonds. The minimum Gasteiger partial charge on any atom is -0.479 e. The highest BCUT2D eigenvalue weighted by Gasteiger charge is 2.24. The molecule has 2 aromatic rings. The van der Waals surface area contributed by atoms with E-state index >= 15 is 0 Å². The van der Waals surface area contributed by atoms with Gasteiger partial charge < -0.3 is 10.1 Å². The molecule has 0 saturated carbocycles. The number of aryl methyl sites for hydroxylation is 2. The van der Waals surface area contributed by atoms with Gasteiger partial charge in [0, 0.05) is 0 Å². The molecule has 1 atom stereocenters. The van der Waals surface area contributed by atoms with E-state index in [9.17, 15) is 13.2 Å². The summed E-state index contributed by atoms with van der Waals surface area (Å²) in [6.07, 6.45) is 3.59. The predicted octanol–water partition coefficient (Wildman–Crippen LogP) is 3.09. The molecule has 1 aliphatic carbocycles. The first-order valence-electron chi connectivity index (χ1n) is 8.68. The van der Waals surface area contributed by atoms with Crippen molar-refractivity contribution in [3.63, 3.8) is 0 Å². The molecule has 0 unspecified atom stereocenters. The van der Waals surface area contributed by atoms with Gasteiger partial charge in [0.1, 0.15) is 5.75 Å². The standard InChI is InChI=1S/C19H20N2O4S/c1-12-19(22)20-17-11-15(7-9-18(17)25-12)21-26(23,24)16-8-6-13-4-2-3-5-14(13)10-16/h6-12,21H,2-5H2,1H3,(H,20,22)/t12-/m0/s1. The summed E-state index contributed by atoms with van der Waals surface area (Å²) in [6.45, 7) is 1.66. The largest absolute Gasteiger partial charge is 0.479 e. The van der Waals surface area contributed by atoms with Gasteiger partial charge in [-0.05, 0) is 74.1 Å². The normalized spacial score (nSPS) is 19.0. The van der Waals surface area contributed by atoms with Crippen LogP contribution in [0.3, 0.4) is 0 Å². The van der Waals surface area contributed by atoms with Crippen molar-refractivity contribution in [3.05, 3.63) is 47.5 Å². The Morgan fingerprint density at radius 1 is 1.08 bits per heavy atom. The summed E-state index contributed by atoms with van der Waals surface area (Å²) < 4.78 is 33.6. The van der Waals surface area contributed by atoms with Crippen molar-refractivity contribution in [2.75, 3.05) is 10.0 Å². The third-order valence-corrected chi connectivity index (χ3v) is 6.17. The Bertz CT molecular complexity index is 985. The molecule has 2 aliphatic rings. The molecular formula is C19H20N2O4S. The molecule has 7 heteroatoms. The Kier molecular flexibility index (Phi) is 4.11. The van der Waals surface area contributed by atoms with Gasteiger partial charge in [-0.2, -0.15) is 0 Å². The van der Waals surface area contributed by atoms with Gasteiger partial charge in [-0.3, -0.25) is 9.52 Å². The maximum absolute atomic E-state index is 12.7. The van der Waals surface area contributed by atoms with Gasteiger partial charge in [-0.25, -0.2) is 8.42 Å². The van der Waals surface area contributed by atoms with Gasteiger partial charge >= 0.3 is 0 Å². The lowest BCUT2D eigenvalue weighted by atomic mass is 9.92. The lowest BCUT2D eigenvalue weighted by molar-refractivity contribution is -0.122. The van der Waals surface area contributed by atoms with Crippen molar-refractivity contribution in [2.45, 2.75) is 43.6 Å². The number of fused-ring (bicyclic) bond motifs is 2. The van der Waals surface area contributed by atoms with Crippen molar-refractivity contribution in [2.24, 2.45) is 0 Å². The number of hydrogen-bond donors (Lipinski definition) is 2. The van der Waals surface area contributed by atoms with Crippen molar-refractivity contribution in [3.8, 4) is 5.75 Å². The van der Waals surface area contributed by atoms with Gasteiger partial charge in [0.2, 0.25) is 0 Å². The van der Waals surface area contributed by atoms with Crippen molar-refractivity contribution in [1.82, 2.24) is 0 Å². The van der Waals surface area contributed by atoms with Crippen LogP contribution in [0.25, 0.3) is 0 Å². The topological polar surface area (TPSA) is 84.5 Å². The fraction of sp³-hybridized carbons (Fsp3) is 0.316. The maximum atomic E-state index is 12.7. The Hall–Kier alpha value is -2.54.